The lowest BCUT2D eigenvalue weighted by atomic mass is 10.0. The molecule has 1 aromatic rings. The third kappa shape index (κ3) is 3.57. The van der Waals surface area contributed by atoms with E-state index in [4.69, 9.17) is 4.74 Å². The molecule has 0 aromatic heterocycles. The number of rotatable bonds is 4. The van der Waals surface area contributed by atoms with Gasteiger partial charge >= 0.3 is 5.97 Å². The average Bonchev–Trinajstić information content (AvgIpc) is 2.59. The van der Waals surface area contributed by atoms with Gasteiger partial charge < -0.3 is 10.1 Å². The quantitative estimate of drug-likeness (QED) is 0.681. The average molecular weight is 326 g/mol. The molecule has 0 unspecified atom stereocenters. The van der Waals surface area contributed by atoms with Crippen molar-refractivity contribution in [3.8, 4) is 0 Å². The molecule has 0 spiro atoms. The number of amides is 1. The maximum absolute atomic E-state index is 11.8. The Kier molecular flexibility index (Phi) is 5.26. The van der Waals surface area contributed by atoms with Crippen LogP contribution in [0.5, 0.6) is 0 Å². The van der Waals surface area contributed by atoms with Crippen LogP contribution in [0.3, 0.4) is 0 Å². The molecular weight excluding hydrogens is 308 g/mol. The Hall–Kier alpha value is -3.22. The van der Waals surface area contributed by atoms with Gasteiger partial charge in [0.2, 0.25) is 5.91 Å². The molecule has 2 rings (SSSR count). The molecule has 1 aromatic carbocycles. The Morgan fingerprint density at radius 3 is 2.75 bits per heavy atom. The van der Waals surface area contributed by atoms with E-state index in [1.54, 1.807) is 41.6 Å². The minimum absolute atomic E-state index is 0.275. The highest BCUT2D eigenvalue weighted by Crippen LogP contribution is 2.22. The Morgan fingerprint density at radius 2 is 2.17 bits per heavy atom. The minimum Gasteiger partial charge on any atom is -0.465 e. The first-order valence-corrected chi connectivity index (χ1v) is 7.19. The predicted molar refractivity (Wildman–Crippen MR) is 92.9 cm³/mol. The van der Waals surface area contributed by atoms with E-state index < -0.39 is 5.97 Å². The van der Waals surface area contributed by atoms with E-state index in [1.165, 1.54) is 14.0 Å². The summed E-state index contributed by atoms with van der Waals surface area (Å²) in [6, 6.07) is 5.02. The lowest BCUT2D eigenvalue weighted by molar-refractivity contribution is -0.114. The van der Waals surface area contributed by atoms with E-state index in [-0.39, 0.29) is 11.5 Å². The normalized spacial score (nSPS) is 15.0. The maximum atomic E-state index is 11.8. The molecule has 1 heterocycles. The molecular formula is C17H18N4O3. The van der Waals surface area contributed by atoms with Gasteiger partial charge in [-0.05, 0) is 31.2 Å². The predicted octanol–water partition coefficient (Wildman–Crippen LogP) is 2.53. The summed E-state index contributed by atoms with van der Waals surface area (Å²) in [5, 5.41) is 8.02. The Morgan fingerprint density at radius 1 is 1.42 bits per heavy atom. The van der Waals surface area contributed by atoms with Gasteiger partial charge in [0.05, 0.1) is 24.1 Å². The van der Waals surface area contributed by atoms with Crippen LogP contribution in [0.4, 0.5) is 5.69 Å². The molecule has 1 amide bonds. The van der Waals surface area contributed by atoms with Crippen molar-refractivity contribution in [2.24, 2.45) is 10.1 Å². The maximum Gasteiger partial charge on any atom is 0.339 e. The number of nitrogens with zero attached hydrogens (tertiary/aromatic N) is 3. The van der Waals surface area contributed by atoms with Gasteiger partial charge in [-0.15, -0.1) is 0 Å². The van der Waals surface area contributed by atoms with Crippen molar-refractivity contribution in [1.29, 1.82) is 0 Å². The van der Waals surface area contributed by atoms with Crippen molar-refractivity contribution in [2.75, 3.05) is 12.4 Å². The van der Waals surface area contributed by atoms with Crippen molar-refractivity contribution in [1.82, 2.24) is 5.01 Å². The number of aliphatic imine (C=N–C) groups is 1. The van der Waals surface area contributed by atoms with Gasteiger partial charge in [-0.2, -0.15) is 5.10 Å². The molecule has 124 valence electrons. The lowest BCUT2D eigenvalue weighted by Gasteiger charge is -2.19. The van der Waals surface area contributed by atoms with Crippen LogP contribution in [0.2, 0.25) is 0 Å². The molecule has 1 aliphatic rings. The van der Waals surface area contributed by atoms with E-state index in [0.29, 0.717) is 17.2 Å². The van der Waals surface area contributed by atoms with Crippen LogP contribution in [0, 0.1) is 0 Å². The molecule has 0 saturated heterocycles. The standard InChI is InChI=1S/C17H18N4O3/c1-5-16-20-14(8-9-21(16)18-3)12-6-7-13(17(23)24-4)15(10-12)19-11(2)22/h5-10H,3H2,1-2,4H3,(H,19,22)/b16-5-. The Bertz CT molecular complexity index is 778. The highest BCUT2D eigenvalue weighted by molar-refractivity contribution is 6.11. The van der Waals surface area contributed by atoms with Gasteiger partial charge in [0.1, 0.15) is 5.82 Å². The summed E-state index contributed by atoms with van der Waals surface area (Å²) in [5.41, 5.74) is 2.06. The molecule has 1 aliphatic heterocycles. The second-order valence-corrected chi connectivity index (χ2v) is 4.88. The number of allylic oxidation sites excluding steroid dienone is 2. The summed E-state index contributed by atoms with van der Waals surface area (Å²) in [4.78, 5) is 27.7. The van der Waals surface area contributed by atoms with Crippen molar-refractivity contribution in [2.45, 2.75) is 13.8 Å². The number of hydrogen-bond donors (Lipinski definition) is 1. The van der Waals surface area contributed by atoms with Crippen molar-refractivity contribution in [3.05, 3.63) is 53.5 Å². The van der Waals surface area contributed by atoms with E-state index in [0.717, 1.165) is 5.56 Å². The molecule has 0 fully saturated rings. The molecule has 7 nitrogen and oxygen atoms in total. The van der Waals surface area contributed by atoms with Gasteiger partial charge in [0.25, 0.3) is 0 Å². The summed E-state index contributed by atoms with van der Waals surface area (Å²) < 4.78 is 4.74. The van der Waals surface area contributed by atoms with Crippen LogP contribution in [0.1, 0.15) is 29.8 Å². The summed E-state index contributed by atoms with van der Waals surface area (Å²) in [6.07, 6.45) is 5.30. The number of esters is 1. The van der Waals surface area contributed by atoms with Gasteiger partial charge in [-0.1, -0.05) is 6.07 Å². The first kappa shape index (κ1) is 17.1. The summed E-state index contributed by atoms with van der Waals surface area (Å²) in [5.74, 6) is -0.183. The number of hydrazone groups is 1. The van der Waals surface area contributed by atoms with E-state index >= 15 is 0 Å². The van der Waals surface area contributed by atoms with Crippen LogP contribution < -0.4 is 5.32 Å². The fourth-order valence-corrected chi connectivity index (χ4v) is 2.19. The Balaban J connectivity index is 2.47. The fourth-order valence-electron chi connectivity index (χ4n) is 2.19. The zero-order chi connectivity index (χ0) is 17.7. The summed E-state index contributed by atoms with van der Waals surface area (Å²) in [7, 11) is 1.29. The number of nitrogens with one attached hydrogen (secondary N) is 1. The monoisotopic (exact) mass is 326 g/mol. The number of ether oxygens (including phenoxy) is 1. The smallest absolute Gasteiger partial charge is 0.339 e. The van der Waals surface area contributed by atoms with Crippen molar-refractivity contribution < 1.29 is 14.3 Å². The van der Waals surface area contributed by atoms with Crippen LogP contribution in [0.15, 0.2) is 52.5 Å². The zero-order valence-corrected chi connectivity index (χ0v) is 13.7. The third-order valence-electron chi connectivity index (χ3n) is 3.29. The van der Waals surface area contributed by atoms with Gasteiger partial charge in [-0.25, -0.2) is 14.8 Å². The second kappa shape index (κ2) is 7.36. The Labute approximate surface area is 140 Å². The van der Waals surface area contributed by atoms with E-state index in [1.807, 2.05) is 6.92 Å². The first-order chi connectivity index (χ1) is 11.5. The number of hydrogen-bond acceptors (Lipinski definition) is 6. The molecule has 0 atom stereocenters. The SMILES string of the molecule is C=NN1C=CC(c2ccc(C(=O)OC)c(NC(C)=O)c2)=N/C1=C/C. The topological polar surface area (TPSA) is 83.4 Å². The van der Waals surface area contributed by atoms with Crippen LogP contribution in [0.25, 0.3) is 0 Å². The van der Waals surface area contributed by atoms with Crippen LogP contribution in [-0.4, -0.2) is 36.4 Å². The van der Waals surface area contributed by atoms with Crippen molar-refractivity contribution >= 4 is 30.0 Å². The lowest BCUT2D eigenvalue weighted by Crippen LogP contribution is -2.16. The van der Waals surface area contributed by atoms with E-state index in [9.17, 15) is 9.59 Å². The molecule has 1 N–H and O–H groups in total. The van der Waals surface area contributed by atoms with Crippen LogP contribution >= 0.6 is 0 Å². The van der Waals surface area contributed by atoms with Gasteiger partial charge in [0, 0.05) is 25.4 Å². The number of benzene rings is 1. The first-order valence-electron chi connectivity index (χ1n) is 7.19. The molecule has 0 saturated carbocycles. The second-order valence-electron chi connectivity index (χ2n) is 4.88. The number of methoxy groups -OCH3 is 1. The van der Waals surface area contributed by atoms with Crippen molar-refractivity contribution in [3.63, 3.8) is 0 Å². The third-order valence-corrected chi connectivity index (χ3v) is 3.29. The van der Waals surface area contributed by atoms with Gasteiger partial charge in [-0.3, -0.25) is 4.79 Å². The zero-order valence-electron chi connectivity index (χ0n) is 13.7. The minimum atomic E-state index is -0.525. The highest BCUT2D eigenvalue weighted by atomic mass is 16.5. The number of anilines is 1. The van der Waals surface area contributed by atoms with Gasteiger partial charge in [0.15, 0.2) is 0 Å². The van der Waals surface area contributed by atoms with E-state index in [2.05, 4.69) is 22.1 Å². The fraction of sp³-hybridized carbons (Fsp3) is 0.176. The number of carbonyl (C=O) groups is 2. The number of carbonyl (C=O) groups excluding carboxylic acids is 2. The molecule has 0 aliphatic carbocycles. The molecule has 0 bridgehead atoms. The summed E-state index contributed by atoms with van der Waals surface area (Å²) in [6.45, 7) is 6.70. The molecule has 7 heteroatoms. The largest absolute Gasteiger partial charge is 0.465 e. The summed E-state index contributed by atoms with van der Waals surface area (Å²) >= 11 is 0. The molecule has 24 heavy (non-hydrogen) atoms. The van der Waals surface area contributed by atoms with Crippen LogP contribution in [-0.2, 0) is 9.53 Å². The highest BCUT2D eigenvalue weighted by Gasteiger charge is 2.17. The molecule has 0 radical (unpaired) electrons.